The van der Waals surface area contributed by atoms with Crippen LogP contribution in [0.25, 0.3) is 0 Å². The van der Waals surface area contributed by atoms with Gasteiger partial charge in [-0.2, -0.15) is 0 Å². The number of hydrogen-bond donors (Lipinski definition) is 0. The van der Waals surface area contributed by atoms with Gasteiger partial charge in [-0.05, 0) is 66.2 Å². The van der Waals surface area contributed by atoms with Crippen molar-refractivity contribution in [3.63, 3.8) is 0 Å². The molecule has 2 atom stereocenters. The number of aryl methyl sites for hydroxylation is 1. The summed E-state index contributed by atoms with van der Waals surface area (Å²) in [7, 11) is 0. The van der Waals surface area contributed by atoms with Gasteiger partial charge in [-0.15, -0.1) is 0 Å². The smallest absolute Gasteiger partial charge is 0.338 e. The highest BCUT2D eigenvalue weighted by molar-refractivity contribution is 5.89. The zero-order chi connectivity index (χ0) is 16.5. The van der Waals surface area contributed by atoms with Gasteiger partial charge in [0.1, 0.15) is 0 Å². The van der Waals surface area contributed by atoms with Crippen molar-refractivity contribution in [3.8, 4) is 0 Å². The standard InChI is InChI=1S/C20H30O2/c1-7-22-19(21)15-9-11-17-14(12-15)8-10-16(13(2)3)18(17)20(4,5)6/h9,11-13,16,18H,7-8,10H2,1-6H3. The zero-order valence-corrected chi connectivity index (χ0v) is 14.9. The predicted octanol–water partition coefficient (Wildman–Crippen LogP) is 5.21. The third-order valence-corrected chi connectivity index (χ3v) is 4.95. The summed E-state index contributed by atoms with van der Waals surface area (Å²) in [5.74, 6) is 1.74. The number of carbonyl (C=O) groups is 1. The van der Waals surface area contributed by atoms with Gasteiger partial charge in [0.15, 0.2) is 0 Å². The van der Waals surface area contributed by atoms with Crippen molar-refractivity contribution in [2.75, 3.05) is 6.61 Å². The molecule has 122 valence electrons. The van der Waals surface area contributed by atoms with E-state index < -0.39 is 0 Å². The quantitative estimate of drug-likeness (QED) is 0.716. The van der Waals surface area contributed by atoms with E-state index in [0.29, 0.717) is 29.9 Å². The van der Waals surface area contributed by atoms with Crippen LogP contribution in [0, 0.1) is 17.3 Å². The minimum Gasteiger partial charge on any atom is -0.462 e. The molecule has 0 radical (unpaired) electrons. The minimum absolute atomic E-state index is 0.205. The highest BCUT2D eigenvalue weighted by Gasteiger charge is 2.38. The zero-order valence-electron chi connectivity index (χ0n) is 14.9. The first-order valence-corrected chi connectivity index (χ1v) is 8.55. The summed E-state index contributed by atoms with van der Waals surface area (Å²) < 4.78 is 5.13. The van der Waals surface area contributed by atoms with Gasteiger partial charge in [0, 0.05) is 0 Å². The molecule has 0 N–H and O–H groups in total. The van der Waals surface area contributed by atoms with Crippen LogP contribution >= 0.6 is 0 Å². The van der Waals surface area contributed by atoms with Gasteiger partial charge >= 0.3 is 5.97 Å². The van der Waals surface area contributed by atoms with E-state index >= 15 is 0 Å². The Bertz CT molecular complexity index is 537. The maximum atomic E-state index is 12.0. The Morgan fingerprint density at radius 2 is 2.00 bits per heavy atom. The van der Waals surface area contributed by atoms with Gasteiger partial charge in [-0.1, -0.05) is 40.7 Å². The predicted molar refractivity (Wildman–Crippen MR) is 91.2 cm³/mol. The van der Waals surface area contributed by atoms with E-state index in [1.807, 2.05) is 13.0 Å². The molecular weight excluding hydrogens is 272 g/mol. The van der Waals surface area contributed by atoms with Gasteiger partial charge in [0.25, 0.3) is 0 Å². The number of ether oxygens (including phenoxy) is 1. The van der Waals surface area contributed by atoms with Crippen molar-refractivity contribution in [3.05, 3.63) is 34.9 Å². The lowest BCUT2D eigenvalue weighted by atomic mass is 9.61. The molecule has 2 nitrogen and oxygen atoms in total. The molecule has 2 rings (SSSR count). The summed E-state index contributed by atoms with van der Waals surface area (Å²) in [6.45, 7) is 13.9. The molecule has 1 aromatic rings. The molecule has 0 saturated carbocycles. The molecule has 0 fully saturated rings. The van der Waals surface area contributed by atoms with Crippen LogP contribution in [0.1, 0.15) is 75.4 Å². The molecule has 2 heteroatoms. The summed E-state index contributed by atoms with van der Waals surface area (Å²) in [6.07, 6.45) is 2.27. The monoisotopic (exact) mass is 302 g/mol. The highest BCUT2D eigenvalue weighted by atomic mass is 16.5. The fourth-order valence-electron chi connectivity index (χ4n) is 4.01. The molecule has 2 unspecified atom stereocenters. The van der Waals surface area contributed by atoms with Crippen molar-refractivity contribution in [2.45, 2.75) is 60.3 Å². The summed E-state index contributed by atoms with van der Waals surface area (Å²) in [4.78, 5) is 12.0. The van der Waals surface area contributed by atoms with E-state index in [0.717, 1.165) is 6.42 Å². The van der Waals surface area contributed by atoms with Crippen molar-refractivity contribution >= 4 is 5.97 Å². The topological polar surface area (TPSA) is 26.3 Å². The second kappa shape index (κ2) is 6.44. The van der Waals surface area contributed by atoms with E-state index in [4.69, 9.17) is 4.74 Å². The molecular formula is C20H30O2. The SMILES string of the molecule is CCOC(=O)c1ccc2c(c1)CCC(C(C)C)C2C(C)(C)C. The Labute approximate surface area is 135 Å². The van der Waals surface area contributed by atoms with Crippen LogP contribution in [0.15, 0.2) is 18.2 Å². The molecule has 0 amide bonds. The Morgan fingerprint density at radius 3 is 2.55 bits per heavy atom. The molecule has 0 saturated heterocycles. The number of benzene rings is 1. The molecule has 0 bridgehead atoms. The second-order valence-electron chi connectivity index (χ2n) is 7.92. The van der Waals surface area contributed by atoms with E-state index in [-0.39, 0.29) is 11.4 Å². The number of carbonyl (C=O) groups excluding carboxylic acids is 1. The van der Waals surface area contributed by atoms with Crippen LogP contribution in [-0.2, 0) is 11.2 Å². The number of rotatable bonds is 3. The first kappa shape index (κ1) is 17.1. The number of hydrogen-bond acceptors (Lipinski definition) is 2. The molecule has 1 aliphatic rings. The molecule has 1 aliphatic carbocycles. The largest absolute Gasteiger partial charge is 0.462 e. The first-order valence-electron chi connectivity index (χ1n) is 8.55. The Balaban J connectivity index is 2.42. The molecule has 0 heterocycles. The van der Waals surface area contributed by atoms with Gasteiger partial charge in [0.2, 0.25) is 0 Å². The van der Waals surface area contributed by atoms with Crippen molar-refractivity contribution < 1.29 is 9.53 Å². The average molecular weight is 302 g/mol. The van der Waals surface area contributed by atoms with Crippen LogP contribution in [0.5, 0.6) is 0 Å². The molecule has 1 aromatic carbocycles. The lowest BCUT2D eigenvalue weighted by Crippen LogP contribution is -2.33. The summed E-state index contributed by atoms with van der Waals surface area (Å²) in [5, 5.41) is 0. The minimum atomic E-state index is -0.205. The van der Waals surface area contributed by atoms with E-state index in [2.05, 4.69) is 46.8 Å². The molecule has 0 aromatic heterocycles. The summed E-state index contributed by atoms with van der Waals surface area (Å²) in [6, 6.07) is 6.17. The summed E-state index contributed by atoms with van der Waals surface area (Å²) >= 11 is 0. The van der Waals surface area contributed by atoms with Gasteiger partial charge in [0.05, 0.1) is 12.2 Å². The van der Waals surface area contributed by atoms with Crippen molar-refractivity contribution in [1.29, 1.82) is 0 Å². The van der Waals surface area contributed by atoms with Crippen LogP contribution < -0.4 is 0 Å². The normalized spacial score (nSPS) is 21.6. The van der Waals surface area contributed by atoms with Gasteiger partial charge in [-0.3, -0.25) is 0 Å². The van der Waals surface area contributed by atoms with Gasteiger partial charge < -0.3 is 4.74 Å². The second-order valence-corrected chi connectivity index (χ2v) is 7.92. The fraction of sp³-hybridized carbons (Fsp3) is 0.650. The number of fused-ring (bicyclic) bond motifs is 1. The van der Waals surface area contributed by atoms with Crippen LogP contribution in [0.4, 0.5) is 0 Å². The fourth-order valence-corrected chi connectivity index (χ4v) is 4.01. The van der Waals surface area contributed by atoms with Crippen LogP contribution in [0.3, 0.4) is 0 Å². The van der Waals surface area contributed by atoms with E-state index in [9.17, 15) is 4.79 Å². The average Bonchev–Trinajstić information content (AvgIpc) is 2.44. The van der Waals surface area contributed by atoms with E-state index in [1.165, 1.54) is 17.5 Å². The molecule has 22 heavy (non-hydrogen) atoms. The van der Waals surface area contributed by atoms with Crippen LogP contribution in [-0.4, -0.2) is 12.6 Å². The number of esters is 1. The van der Waals surface area contributed by atoms with E-state index in [1.54, 1.807) is 0 Å². The van der Waals surface area contributed by atoms with Crippen LogP contribution in [0.2, 0.25) is 0 Å². The Kier molecular flexibility index (Phi) is 4.99. The maximum absolute atomic E-state index is 12.0. The van der Waals surface area contributed by atoms with Crippen molar-refractivity contribution in [2.24, 2.45) is 17.3 Å². The molecule has 0 spiro atoms. The third-order valence-electron chi connectivity index (χ3n) is 4.95. The third kappa shape index (κ3) is 3.37. The van der Waals surface area contributed by atoms with Crippen molar-refractivity contribution in [1.82, 2.24) is 0 Å². The summed E-state index contributed by atoms with van der Waals surface area (Å²) in [5.41, 5.74) is 3.69. The highest BCUT2D eigenvalue weighted by Crippen LogP contribution is 2.49. The Hall–Kier alpha value is -1.31. The van der Waals surface area contributed by atoms with Gasteiger partial charge in [-0.25, -0.2) is 4.79 Å². The lowest BCUT2D eigenvalue weighted by molar-refractivity contribution is 0.0526. The lowest BCUT2D eigenvalue weighted by Gasteiger charge is -2.44. The first-order chi connectivity index (χ1) is 10.3. The molecule has 0 aliphatic heterocycles. The maximum Gasteiger partial charge on any atom is 0.338 e. The Morgan fingerprint density at radius 1 is 1.32 bits per heavy atom.